The lowest BCUT2D eigenvalue weighted by atomic mass is 10.1. The lowest BCUT2D eigenvalue weighted by molar-refractivity contribution is -0.383. The van der Waals surface area contributed by atoms with Crippen molar-refractivity contribution in [3.63, 3.8) is 0 Å². The molecule has 0 radical (unpaired) electrons. The van der Waals surface area contributed by atoms with E-state index in [-0.39, 0.29) is 35.4 Å². The van der Waals surface area contributed by atoms with E-state index in [0.29, 0.717) is 19.5 Å². The predicted octanol–water partition coefficient (Wildman–Crippen LogP) is 1.02. The van der Waals surface area contributed by atoms with Gasteiger partial charge in [-0.15, -0.1) is 0 Å². The van der Waals surface area contributed by atoms with Gasteiger partial charge in [0.2, 0.25) is 0 Å². The number of para-hydroxylation sites is 1. The molecule has 0 aromatic heterocycles. The molecule has 108 valence electrons. The summed E-state index contributed by atoms with van der Waals surface area (Å²) in [6.45, 7) is 1.25. The average molecular weight is 279 g/mol. The summed E-state index contributed by atoms with van der Waals surface area (Å²) >= 11 is 0. The van der Waals surface area contributed by atoms with Crippen LogP contribution in [-0.4, -0.2) is 40.5 Å². The van der Waals surface area contributed by atoms with Crippen molar-refractivity contribution >= 4 is 17.3 Å². The van der Waals surface area contributed by atoms with Crippen LogP contribution in [0, 0.1) is 16.0 Å². The number of nitrogen functional groups attached to an aromatic ring is 1. The molecule has 1 unspecified atom stereocenters. The molecule has 1 aromatic carbocycles. The van der Waals surface area contributed by atoms with Gasteiger partial charge in [-0.1, -0.05) is 6.07 Å². The number of rotatable bonds is 4. The fraction of sp³-hybridized carbons (Fsp3) is 0.462. The molecule has 1 fully saturated rings. The van der Waals surface area contributed by atoms with Crippen LogP contribution in [0.25, 0.3) is 0 Å². The molecular weight excluding hydrogens is 262 g/mol. The first kappa shape index (κ1) is 14.3. The molecule has 1 aliphatic rings. The van der Waals surface area contributed by atoms with Crippen LogP contribution in [0.2, 0.25) is 0 Å². The van der Waals surface area contributed by atoms with E-state index < -0.39 is 4.92 Å². The number of anilines is 1. The van der Waals surface area contributed by atoms with Crippen molar-refractivity contribution in [2.75, 3.05) is 25.4 Å². The van der Waals surface area contributed by atoms with Crippen molar-refractivity contribution < 1.29 is 14.8 Å². The standard InChI is InChI=1S/C13H17N3O4/c14-12-10(2-1-3-11(12)16(19)20)13(18)15-6-4-9(8-15)5-7-17/h1-3,9,17H,4-8,14H2. The highest BCUT2D eigenvalue weighted by molar-refractivity contribution is 6.01. The number of carbonyl (C=O) groups excluding carboxylic acids is 1. The molecule has 1 aliphatic heterocycles. The predicted molar refractivity (Wildman–Crippen MR) is 73.2 cm³/mol. The van der Waals surface area contributed by atoms with Crippen LogP contribution in [0.15, 0.2) is 18.2 Å². The Kier molecular flexibility index (Phi) is 4.19. The highest BCUT2D eigenvalue weighted by Crippen LogP contribution is 2.28. The summed E-state index contributed by atoms with van der Waals surface area (Å²) in [6.07, 6.45) is 1.50. The van der Waals surface area contributed by atoms with E-state index in [2.05, 4.69) is 0 Å². The number of aliphatic hydroxyl groups excluding tert-OH is 1. The second-order valence-electron chi connectivity index (χ2n) is 4.91. The fourth-order valence-electron chi connectivity index (χ4n) is 2.50. The zero-order chi connectivity index (χ0) is 14.7. The third-order valence-corrected chi connectivity index (χ3v) is 3.62. The molecule has 1 atom stereocenters. The molecule has 1 amide bonds. The van der Waals surface area contributed by atoms with Gasteiger partial charge in [0.1, 0.15) is 5.69 Å². The minimum Gasteiger partial charge on any atom is -0.396 e. The molecule has 0 spiro atoms. The highest BCUT2D eigenvalue weighted by Gasteiger charge is 2.29. The first-order valence-electron chi connectivity index (χ1n) is 6.47. The Morgan fingerprint density at radius 2 is 2.30 bits per heavy atom. The van der Waals surface area contributed by atoms with Crippen molar-refractivity contribution in [1.29, 1.82) is 0 Å². The minimum atomic E-state index is -0.593. The van der Waals surface area contributed by atoms with Crippen molar-refractivity contribution in [2.45, 2.75) is 12.8 Å². The summed E-state index contributed by atoms with van der Waals surface area (Å²) in [5.74, 6) is -0.00416. The van der Waals surface area contributed by atoms with Crippen molar-refractivity contribution in [3.8, 4) is 0 Å². The molecule has 1 saturated heterocycles. The van der Waals surface area contributed by atoms with E-state index in [1.807, 2.05) is 0 Å². The number of nitro groups is 1. The van der Waals surface area contributed by atoms with Gasteiger partial charge < -0.3 is 15.7 Å². The molecule has 0 aliphatic carbocycles. The van der Waals surface area contributed by atoms with Crippen molar-refractivity contribution in [1.82, 2.24) is 4.90 Å². The van der Waals surface area contributed by atoms with Crippen LogP contribution in [0.3, 0.4) is 0 Å². The Bertz CT molecular complexity index is 532. The molecule has 2 rings (SSSR count). The van der Waals surface area contributed by atoms with Gasteiger partial charge >= 0.3 is 0 Å². The van der Waals surface area contributed by atoms with Crippen LogP contribution in [0.4, 0.5) is 11.4 Å². The molecule has 7 nitrogen and oxygen atoms in total. The average Bonchev–Trinajstić information content (AvgIpc) is 2.87. The quantitative estimate of drug-likeness (QED) is 0.486. The number of likely N-dealkylation sites (tertiary alicyclic amines) is 1. The first-order chi connectivity index (χ1) is 9.54. The molecule has 7 heteroatoms. The first-order valence-corrected chi connectivity index (χ1v) is 6.47. The zero-order valence-corrected chi connectivity index (χ0v) is 11.0. The number of hydrogen-bond donors (Lipinski definition) is 2. The maximum Gasteiger partial charge on any atom is 0.292 e. The molecular formula is C13H17N3O4. The maximum absolute atomic E-state index is 12.4. The van der Waals surface area contributed by atoms with Crippen LogP contribution >= 0.6 is 0 Å². The Labute approximate surface area is 116 Å². The number of nitrogens with two attached hydrogens (primary N) is 1. The van der Waals surface area contributed by atoms with E-state index >= 15 is 0 Å². The monoisotopic (exact) mass is 279 g/mol. The Balaban J connectivity index is 2.18. The number of nitrogens with zero attached hydrogens (tertiary/aromatic N) is 2. The van der Waals surface area contributed by atoms with Gasteiger partial charge in [-0.25, -0.2) is 0 Å². The number of carbonyl (C=O) groups is 1. The largest absolute Gasteiger partial charge is 0.396 e. The Morgan fingerprint density at radius 3 is 2.95 bits per heavy atom. The van der Waals surface area contributed by atoms with Gasteiger partial charge in [0.15, 0.2) is 0 Å². The molecule has 0 saturated carbocycles. The van der Waals surface area contributed by atoms with Crippen LogP contribution < -0.4 is 5.73 Å². The summed E-state index contributed by atoms with van der Waals surface area (Å²) < 4.78 is 0. The van der Waals surface area contributed by atoms with Crippen LogP contribution in [0.5, 0.6) is 0 Å². The van der Waals surface area contributed by atoms with E-state index in [1.54, 1.807) is 4.90 Å². The molecule has 3 N–H and O–H groups in total. The van der Waals surface area contributed by atoms with Gasteiger partial charge in [-0.2, -0.15) is 0 Å². The molecule has 20 heavy (non-hydrogen) atoms. The normalized spacial score (nSPS) is 18.2. The van der Waals surface area contributed by atoms with Gasteiger partial charge in [-0.05, 0) is 24.8 Å². The Morgan fingerprint density at radius 1 is 1.55 bits per heavy atom. The number of aliphatic hydroxyl groups is 1. The SMILES string of the molecule is Nc1c(C(=O)N2CCC(CCO)C2)cccc1[N+](=O)[O-]. The fourth-order valence-corrected chi connectivity index (χ4v) is 2.50. The summed E-state index contributed by atoms with van der Waals surface area (Å²) in [4.78, 5) is 24.2. The molecule has 1 aromatic rings. The summed E-state index contributed by atoms with van der Waals surface area (Å²) in [6, 6.07) is 4.25. The van der Waals surface area contributed by atoms with E-state index in [0.717, 1.165) is 6.42 Å². The summed E-state index contributed by atoms with van der Waals surface area (Å²) in [7, 11) is 0. The zero-order valence-electron chi connectivity index (χ0n) is 11.0. The summed E-state index contributed by atoms with van der Waals surface area (Å²) in [5.41, 5.74) is 5.55. The molecule has 0 bridgehead atoms. The van der Waals surface area contributed by atoms with Crippen LogP contribution in [0.1, 0.15) is 23.2 Å². The van der Waals surface area contributed by atoms with Gasteiger partial charge in [0.05, 0.1) is 10.5 Å². The van der Waals surface area contributed by atoms with Crippen molar-refractivity contribution in [3.05, 3.63) is 33.9 Å². The third kappa shape index (κ3) is 2.72. The van der Waals surface area contributed by atoms with Crippen LogP contribution in [-0.2, 0) is 0 Å². The lowest BCUT2D eigenvalue weighted by Crippen LogP contribution is -2.29. The van der Waals surface area contributed by atoms with Gasteiger partial charge in [0, 0.05) is 25.8 Å². The highest BCUT2D eigenvalue weighted by atomic mass is 16.6. The molecule has 1 heterocycles. The van der Waals surface area contributed by atoms with Crippen molar-refractivity contribution in [2.24, 2.45) is 5.92 Å². The van der Waals surface area contributed by atoms with Gasteiger partial charge in [-0.3, -0.25) is 14.9 Å². The Hall–Kier alpha value is -2.15. The smallest absolute Gasteiger partial charge is 0.292 e. The summed E-state index contributed by atoms with van der Waals surface area (Å²) in [5, 5.41) is 19.7. The van der Waals surface area contributed by atoms with E-state index in [1.165, 1.54) is 18.2 Å². The second-order valence-corrected chi connectivity index (χ2v) is 4.91. The number of hydrogen-bond acceptors (Lipinski definition) is 5. The lowest BCUT2D eigenvalue weighted by Gasteiger charge is -2.17. The number of benzene rings is 1. The number of nitro benzene ring substituents is 1. The van der Waals surface area contributed by atoms with E-state index in [4.69, 9.17) is 10.8 Å². The van der Waals surface area contributed by atoms with E-state index in [9.17, 15) is 14.9 Å². The number of amides is 1. The topological polar surface area (TPSA) is 110 Å². The second kappa shape index (κ2) is 5.87. The third-order valence-electron chi connectivity index (χ3n) is 3.62. The maximum atomic E-state index is 12.4. The van der Waals surface area contributed by atoms with Gasteiger partial charge in [0.25, 0.3) is 11.6 Å². The minimum absolute atomic E-state index is 0.0897.